The molecule has 0 saturated carbocycles. The molecule has 294 valence electrons. The van der Waals surface area contributed by atoms with Gasteiger partial charge in [0.25, 0.3) is 0 Å². The number of allylic oxidation sites excluding steroid dienone is 12. The van der Waals surface area contributed by atoms with Crippen LogP contribution in [0.3, 0.4) is 0 Å². The molecular formula is C45H69N3O5. The maximum absolute atomic E-state index is 12.7. The van der Waals surface area contributed by atoms with Crippen molar-refractivity contribution in [2.75, 3.05) is 11.9 Å². The molecule has 1 saturated heterocycles. The third kappa shape index (κ3) is 24.2. The number of hydrogen-bond donors (Lipinski definition) is 1. The topological polar surface area (TPSA) is 99.5 Å². The van der Waals surface area contributed by atoms with Gasteiger partial charge >= 0.3 is 11.7 Å². The lowest BCUT2D eigenvalue weighted by Gasteiger charge is -2.16. The first-order valence-electron chi connectivity index (χ1n) is 20.6. The third-order valence-corrected chi connectivity index (χ3v) is 9.01. The van der Waals surface area contributed by atoms with Crippen molar-refractivity contribution in [3.63, 3.8) is 0 Å². The van der Waals surface area contributed by atoms with E-state index in [0.717, 1.165) is 96.3 Å². The molecule has 0 bridgehead atoms. The molecule has 0 unspecified atom stereocenters. The summed E-state index contributed by atoms with van der Waals surface area (Å²) in [7, 11) is 0. The van der Waals surface area contributed by atoms with E-state index in [1.165, 1.54) is 23.8 Å². The van der Waals surface area contributed by atoms with Crippen molar-refractivity contribution in [2.24, 2.45) is 0 Å². The monoisotopic (exact) mass is 732 g/mol. The number of rotatable bonds is 30. The van der Waals surface area contributed by atoms with Crippen molar-refractivity contribution < 1.29 is 19.1 Å². The fourth-order valence-corrected chi connectivity index (χ4v) is 5.97. The summed E-state index contributed by atoms with van der Waals surface area (Å²) in [5, 5.41) is 2.75. The molecule has 1 aliphatic heterocycles. The highest BCUT2D eigenvalue weighted by Gasteiger charge is 2.28. The number of anilines is 1. The van der Waals surface area contributed by atoms with Gasteiger partial charge in [0.15, 0.2) is 0 Å². The molecule has 0 aliphatic carbocycles. The summed E-state index contributed by atoms with van der Waals surface area (Å²) in [4.78, 5) is 41.5. The van der Waals surface area contributed by atoms with Crippen LogP contribution in [0, 0.1) is 0 Å². The third-order valence-electron chi connectivity index (χ3n) is 9.01. The lowest BCUT2D eigenvalue weighted by atomic mass is 10.1. The first-order chi connectivity index (χ1) is 26.0. The number of nitrogens with one attached hydrogen (secondary N) is 1. The molecule has 2 atom stereocenters. The maximum atomic E-state index is 12.7. The van der Waals surface area contributed by atoms with Crippen molar-refractivity contribution >= 4 is 17.7 Å². The zero-order valence-electron chi connectivity index (χ0n) is 32.9. The molecule has 1 fully saturated rings. The van der Waals surface area contributed by atoms with Crippen molar-refractivity contribution in [3.8, 4) is 0 Å². The van der Waals surface area contributed by atoms with Crippen molar-refractivity contribution in [1.29, 1.82) is 0 Å². The number of hydrogen-bond acceptors (Lipinski definition) is 6. The predicted octanol–water partition coefficient (Wildman–Crippen LogP) is 11.6. The van der Waals surface area contributed by atoms with Crippen LogP contribution in [-0.4, -0.2) is 34.1 Å². The normalized spacial score (nSPS) is 16.5. The molecule has 1 amide bonds. The zero-order chi connectivity index (χ0) is 38.0. The summed E-state index contributed by atoms with van der Waals surface area (Å²) in [6.45, 7) is 4.48. The minimum atomic E-state index is -0.473. The lowest BCUT2D eigenvalue weighted by Crippen LogP contribution is -2.29. The number of nitrogens with zero attached hydrogens (tertiary/aromatic N) is 2. The molecule has 2 heterocycles. The second-order valence-corrected chi connectivity index (χ2v) is 13.7. The molecular weight excluding hydrogens is 663 g/mol. The Morgan fingerprint density at radius 3 is 1.79 bits per heavy atom. The molecule has 8 nitrogen and oxygen atoms in total. The van der Waals surface area contributed by atoms with Gasteiger partial charge in [-0.3, -0.25) is 14.2 Å². The Morgan fingerprint density at radius 2 is 1.23 bits per heavy atom. The predicted molar refractivity (Wildman–Crippen MR) is 220 cm³/mol. The number of ether oxygens (including phenoxy) is 2. The first-order valence-corrected chi connectivity index (χ1v) is 20.6. The molecule has 0 radical (unpaired) electrons. The highest BCUT2D eigenvalue weighted by atomic mass is 16.6. The van der Waals surface area contributed by atoms with Crippen LogP contribution in [0.2, 0.25) is 0 Å². The molecule has 1 aromatic heterocycles. The standard InChI is InChI=1S/C45H69N3O5/c1-3-5-7-9-11-13-15-17-19-21-23-25-27-29-31-33-42(49)46-41-37-38-48(45(51)47-41)43-36-35-40(53-43)39-52-44(50)34-32-30-28-26-24-22-20-18-16-14-12-10-8-6-4-2/h5-8,11-14,17-20,37-38,40,43H,3-4,9-10,15-16,21-36,39H2,1-2H3,(H,46,47,49,51)/b7-5-,8-6?,13-11-,14-12?,19-17-,20-18?/t40-,43-/m0/s1. The molecule has 53 heavy (non-hydrogen) atoms. The average molecular weight is 732 g/mol. The van der Waals surface area contributed by atoms with Gasteiger partial charge in [0.2, 0.25) is 5.91 Å². The summed E-state index contributed by atoms with van der Waals surface area (Å²) in [5.74, 6) is -0.0752. The summed E-state index contributed by atoms with van der Waals surface area (Å²) >= 11 is 0. The first kappa shape index (κ1) is 45.4. The number of esters is 1. The van der Waals surface area contributed by atoms with Gasteiger partial charge in [0.1, 0.15) is 18.7 Å². The largest absolute Gasteiger partial charge is 0.463 e. The summed E-state index contributed by atoms with van der Waals surface area (Å²) in [6, 6.07) is 1.63. The van der Waals surface area contributed by atoms with Gasteiger partial charge in [-0.1, -0.05) is 125 Å². The van der Waals surface area contributed by atoms with E-state index in [-0.39, 0.29) is 30.4 Å². The maximum Gasteiger partial charge on any atom is 0.351 e. The summed E-state index contributed by atoms with van der Waals surface area (Å²) in [6.07, 6.45) is 48.6. The molecule has 1 aromatic rings. The number of carbonyl (C=O) groups excluding carboxylic acids is 2. The van der Waals surface area contributed by atoms with E-state index in [4.69, 9.17) is 9.47 Å². The summed E-state index contributed by atoms with van der Waals surface area (Å²) < 4.78 is 12.9. The van der Waals surface area contributed by atoms with Gasteiger partial charge in [-0.2, -0.15) is 4.98 Å². The molecule has 8 heteroatoms. The Kier molecular flexibility index (Phi) is 27.2. The Balaban J connectivity index is 1.49. The fourth-order valence-electron chi connectivity index (χ4n) is 5.97. The van der Waals surface area contributed by atoms with Gasteiger partial charge < -0.3 is 14.8 Å². The number of unbranched alkanes of at least 4 members (excludes halogenated alkanes) is 10. The van der Waals surface area contributed by atoms with E-state index < -0.39 is 11.9 Å². The van der Waals surface area contributed by atoms with Crippen LogP contribution in [0.15, 0.2) is 90.0 Å². The van der Waals surface area contributed by atoms with Gasteiger partial charge in [-0.15, -0.1) is 0 Å². The highest BCUT2D eigenvalue weighted by molar-refractivity contribution is 5.89. The summed E-state index contributed by atoms with van der Waals surface area (Å²) in [5.41, 5.74) is -0.473. The minimum absolute atomic E-state index is 0.131. The van der Waals surface area contributed by atoms with Gasteiger partial charge in [-0.25, -0.2) is 4.79 Å². The van der Waals surface area contributed by atoms with Gasteiger partial charge in [-0.05, 0) is 96.0 Å². The van der Waals surface area contributed by atoms with E-state index >= 15 is 0 Å². The highest BCUT2D eigenvalue weighted by Crippen LogP contribution is 2.27. The average Bonchev–Trinajstić information content (AvgIpc) is 3.62. The molecule has 1 N–H and O–H groups in total. The lowest BCUT2D eigenvalue weighted by molar-refractivity contribution is -0.148. The quantitative estimate of drug-likeness (QED) is 0.0480. The van der Waals surface area contributed by atoms with Crippen LogP contribution in [0.1, 0.15) is 161 Å². The van der Waals surface area contributed by atoms with E-state index in [0.29, 0.717) is 25.7 Å². The van der Waals surface area contributed by atoms with E-state index in [9.17, 15) is 14.4 Å². The molecule has 0 spiro atoms. The SMILES string of the molecule is CCC=CCC=CCC=CCCCCCCCC(=O)OC[C@@H]1CC[C@@H](n2ccc(NC(=O)CCCCCCC/C=C\C/C=C\C/C=C\CC)nc2=O)O1. The van der Waals surface area contributed by atoms with E-state index in [2.05, 4.69) is 97.1 Å². The van der Waals surface area contributed by atoms with Crippen LogP contribution in [0.5, 0.6) is 0 Å². The Labute approximate surface area is 320 Å². The second kappa shape index (κ2) is 31.7. The molecule has 1 aliphatic rings. The van der Waals surface area contributed by atoms with Crippen molar-refractivity contribution in [2.45, 2.75) is 167 Å². The Morgan fingerprint density at radius 1 is 0.717 bits per heavy atom. The van der Waals surface area contributed by atoms with Crippen LogP contribution < -0.4 is 11.0 Å². The van der Waals surface area contributed by atoms with E-state index in [1.807, 2.05) is 0 Å². The second-order valence-electron chi connectivity index (χ2n) is 13.7. The van der Waals surface area contributed by atoms with E-state index in [1.54, 1.807) is 12.3 Å². The van der Waals surface area contributed by atoms with Crippen LogP contribution in [0.4, 0.5) is 5.82 Å². The zero-order valence-corrected chi connectivity index (χ0v) is 32.9. The Bertz CT molecular complexity index is 1360. The molecule has 2 rings (SSSR count). The Hall–Kier alpha value is -3.78. The van der Waals surface area contributed by atoms with Gasteiger partial charge in [0.05, 0.1) is 6.10 Å². The molecule has 0 aromatic carbocycles. The number of amides is 1. The van der Waals surface area contributed by atoms with Crippen LogP contribution in [0.25, 0.3) is 0 Å². The minimum Gasteiger partial charge on any atom is -0.463 e. The van der Waals surface area contributed by atoms with Crippen LogP contribution >= 0.6 is 0 Å². The number of aromatic nitrogens is 2. The van der Waals surface area contributed by atoms with Crippen molar-refractivity contribution in [1.82, 2.24) is 9.55 Å². The smallest absolute Gasteiger partial charge is 0.351 e. The number of carbonyl (C=O) groups is 2. The van der Waals surface area contributed by atoms with Crippen molar-refractivity contribution in [3.05, 3.63) is 95.7 Å². The van der Waals surface area contributed by atoms with Gasteiger partial charge in [0, 0.05) is 19.0 Å². The van der Waals surface area contributed by atoms with Crippen LogP contribution in [-0.2, 0) is 19.1 Å². The fraction of sp³-hybridized carbons (Fsp3) is 0.600.